The van der Waals surface area contributed by atoms with Gasteiger partial charge in [-0.2, -0.15) is 0 Å². The minimum atomic E-state index is 0.462. The topological polar surface area (TPSA) is 67.1 Å². The molecule has 1 aliphatic heterocycles. The van der Waals surface area contributed by atoms with E-state index in [0.29, 0.717) is 11.9 Å². The first-order chi connectivity index (χ1) is 7.24. The molecule has 0 aromatic carbocycles. The van der Waals surface area contributed by atoms with Crippen molar-refractivity contribution in [1.29, 1.82) is 0 Å². The molecule has 0 unspecified atom stereocenters. The van der Waals surface area contributed by atoms with E-state index in [1.807, 2.05) is 6.07 Å². The zero-order valence-electron chi connectivity index (χ0n) is 8.98. The van der Waals surface area contributed by atoms with Gasteiger partial charge in [0.05, 0.1) is 0 Å². The second kappa shape index (κ2) is 4.44. The predicted molar refractivity (Wildman–Crippen MR) is 60.6 cm³/mol. The summed E-state index contributed by atoms with van der Waals surface area (Å²) in [5, 5.41) is 11.2. The summed E-state index contributed by atoms with van der Waals surface area (Å²) in [5.41, 5.74) is 5.47. The van der Waals surface area contributed by atoms with Crippen LogP contribution in [0.2, 0.25) is 0 Å². The van der Waals surface area contributed by atoms with E-state index in [4.69, 9.17) is 5.73 Å². The molecule has 0 bridgehead atoms. The Kier molecular flexibility index (Phi) is 3.01. The first-order valence-electron chi connectivity index (χ1n) is 5.28. The van der Waals surface area contributed by atoms with Gasteiger partial charge in [-0.3, -0.25) is 0 Å². The highest BCUT2D eigenvalue weighted by Gasteiger charge is 2.16. The van der Waals surface area contributed by atoms with Crippen molar-refractivity contribution in [1.82, 2.24) is 15.1 Å². The smallest absolute Gasteiger partial charge is 0.149 e. The average Bonchev–Trinajstić information content (AvgIpc) is 2.25. The molecule has 0 saturated carbocycles. The van der Waals surface area contributed by atoms with Gasteiger partial charge in [0.2, 0.25) is 0 Å². The Labute approximate surface area is 89.7 Å². The normalized spacial score (nSPS) is 19.0. The lowest BCUT2D eigenvalue weighted by Gasteiger charge is -2.29. The second-order valence-electron chi connectivity index (χ2n) is 4.07. The number of hydrogen-bond acceptors (Lipinski definition) is 5. The van der Waals surface area contributed by atoms with Crippen LogP contribution in [0, 0.1) is 0 Å². The molecule has 1 aliphatic rings. The molecule has 0 spiro atoms. The van der Waals surface area contributed by atoms with Crippen LogP contribution in [0.3, 0.4) is 0 Å². The van der Waals surface area contributed by atoms with Gasteiger partial charge in [-0.15, -0.1) is 10.2 Å². The second-order valence-corrected chi connectivity index (χ2v) is 4.07. The Bertz CT molecular complexity index is 302. The molecule has 15 heavy (non-hydrogen) atoms. The lowest BCUT2D eigenvalue weighted by atomic mass is 10.1. The molecule has 1 fully saturated rings. The summed E-state index contributed by atoms with van der Waals surface area (Å²) < 4.78 is 0. The summed E-state index contributed by atoms with van der Waals surface area (Å²) in [7, 11) is 2.15. The molecule has 1 aromatic rings. The van der Waals surface area contributed by atoms with E-state index < -0.39 is 0 Å². The molecule has 0 radical (unpaired) electrons. The van der Waals surface area contributed by atoms with Crippen LogP contribution in [0.25, 0.3) is 0 Å². The van der Waals surface area contributed by atoms with E-state index in [0.717, 1.165) is 31.7 Å². The van der Waals surface area contributed by atoms with Crippen LogP contribution < -0.4 is 11.1 Å². The third-order valence-corrected chi connectivity index (χ3v) is 2.76. The van der Waals surface area contributed by atoms with Crippen LogP contribution in [0.4, 0.5) is 11.6 Å². The third kappa shape index (κ3) is 2.79. The van der Waals surface area contributed by atoms with E-state index in [-0.39, 0.29) is 0 Å². The van der Waals surface area contributed by atoms with Crippen molar-refractivity contribution in [2.75, 3.05) is 31.2 Å². The lowest BCUT2D eigenvalue weighted by molar-refractivity contribution is 0.263. The highest BCUT2D eigenvalue weighted by molar-refractivity contribution is 5.39. The first kappa shape index (κ1) is 10.2. The number of nitrogens with zero attached hydrogens (tertiary/aromatic N) is 3. The number of hydrogen-bond donors (Lipinski definition) is 2. The lowest BCUT2D eigenvalue weighted by Crippen LogP contribution is -2.36. The number of aromatic nitrogens is 2. The van der Waals surface area contributed by atoms with Crippen molar-refractivity contribution in [2.24, 2.45) is 0 Å². The van der Waals surface area contributed by atoms with Gasteiger partial charge < -0.3 is 16.0 Å². The first-order valence-corrected chi connectivity index (χ1v) is 5.28. The fourth-order valence-electron chi connectivity index (χ4n) is 1.78. The van der Waals surface area contributed by atoms with Crippen LogP contribution in [0.15, 0.2) is 12.1 Å². The highest BCUT2D eigenvalue weighted by Crippen LogP contribution is 2.13. The minimum absolute atomic E-state index is 0.462. The van der Waals surface area contributed by atoms with Gasteiger partial charge in [0.1, 0.15) is 11.6 Å². The Balaban J connectivity index is 1.89. The van der Waals surface area contributed by atoms with Gasteiger partial charge in [0.15, 0.2) is 0 Å². The fourth-order valence-corrected chi connectivity index (χ4v) is 1.78. The largest absolute Gasteiger partial charge is 0.382 e. The van der Waals surface area contributed by atoms with E-state index in [2.05, 4.69) is 27.5 Å². The molecule has 0 aliphatic carbocycles. The standard InChI is InChI=1S/C10H17N5/c1-15-6-4-8(5-7-15)12-10-3-2-9(11)13-14-10/h2-3,8H,4-7H2,1H3,(H2,11,13)(H,12,14). The van der Waals surface area contributed by atoms with Gasteiger partial charge in [-0.1, -0.05) is 0 Å². The van der Waals surface area contributed by atoms with Gasteiger partial charge in [-0.05, 0) is 45.1 Å². The van der Waals surface area contributed by atoms with E-state index in [9.17, 15) is 0 Å². The summed E-state index contributed by atoms with van der Waals surface area (Å²) in [4.78, 5) is 2.34. The van der Waals surface area contributed by atoms with E-state index in [1.54, 1.807) is 6.07 Å². The minimum Gasteiger partial charge on any atom is -0.382 e. The van der Waals surface area contributed by atoms with Crippen LogP contribution in [-0.4, -0.2) is 41.3 Å². The molecular weight excluding hydrogens is 190 g/mol. The molecule has 0 atom stereocenters. The zero-order valence-corrected chi connectivity index (χ0v) is 8.98. The van der Waals surface area contributed by atoms with Crippen molar-refractivity contribution in [3.05, 3.63) is 12.1 Å². The highest BCUT2D eigenvalue weighted by atomic mass is 15.2. The SMILES string of the molecule is CN1CCC(Nc2ccc(N)nn2)CC1. The number of nitrogens with one attached hydrogen (secondary N) is 1. The maximum absolute atomic E-state index is 5.47. The van der Waals surface area contributed by atoms with Crippen LogP contribution >= 0.6 is 0 Å². The van der Waals surface area contributed by atoms with Gasteiger partial charge in [0.25, 0.3) is 0 Å². The maximum Gasteiger partial charge on any atom is 0.149 e. The fraction of sp³-hybridized carbons (Fsp3) is 0.600. The van der Waals surface area contributed by atoms with Crippen molar-refractivity contribution >= 4 is 11.6 Å². The van der Waals surface area contributed by atoms with Crippen LogP contribution in [0.5, 0.6) is 0 Å². The third-order valence-electron chi connectivity index (χ3n) is 2.76. The number of rotatable bonds is 2. The number of anilines is 2. The molecular formula is C10H17N5. The Hall–Kier alpha value is -1.36. The summed E-state index contributed by atoms with van der Waals surface area (Å²) in [6.45, 7) is 2.28. The Morgan fingerprint density at radius 3 is 2.67 bits per heavy atom. The molecule has 1 aromatic heterocycles. The van der Waals surface area contributed by atoms with Crippen LogP contribution in [0.1, 0.15) is 12.8 Å². The monoisotopic (exact) mass is 207 g/mol. The van der Waals surface area contributed by atoms with E-state index >= 15 is 0 Å². The van der Waals surface area contributed by atoms with E-state index in [1.165, 1.54) is 0 Å². The Morgan fingerprint density at radius 1 is 1.33 bits per heavy atom. The molecule has 82 valence electrons. The molecule has 5 heteroatoms. The van der Waals surface area contributed by atoms with Crippen LogP contribution in [-0.2, 0) is 0 Å². The average molecular weight is 207 g/mol. The van der Waals surface area contributed by atoms with Crippen molar-refractivity contribution in [3.8, 4) is 0 Å². The number of nitrogens with two attached hydrogens (primary N) is 1. The molecule has 5 nitrogen and oxygen atoms in total. The molecule has 1 saturated heterocycles. The summed E-state index contributed by atoms with van der Waals surface area (Å²) in [6.07, 6.45) is 2.31. The summed E-state index contributed by atoms with van der Waals surface area (Å²) in [5.74, 6) is 1.28. The van der Waals surface area contributed by atoms with Crippen molar-refractivity contribution in [3.63, 3.8) is 0 Å². The maximum atomic E-state index is 5.47. The zero-order chi connectivity index (χ0) is 10.7. The quantitative estimate of drug-likeness (QED) is 0.742. The van der Waals surface area contributed by atoms with Gasteiger partial charge >= 0.3 is 0 Å². The Morgan fingerprint density at radius 2 is 2.07 bits per heavy atom. The summed E-state index contributed by atoms with van der Waals surface area (Å²) >= 11 is 0. The molecule has 3 N–H and O–H groups in total. The molecule has 2 heterocycles. The van der Waals surface area contributed by atoms with Crippen molar-refractivity contribution in [2.45, 2.75) is 18.9 Å². The molecule has 0 amide bonds. The summed E-state index contributed by atoms with van der Waals surface area (Å²) in [6, 6.07) is 4.16. The molecule has 2 rings (SSSR count). The number of likely N-dealkylation sites (tertiary alicyclic amines) is 1. The van der Waals surface area contributed by atoms with Gasteiger partial charge in [-0.25, -0.2) is 0 Å². The van der Waals surface area contributed by atoms with Crippen molar-refractivity contribution < 1.29 is 0 Å². The number of nitrogen functional groups attached to an aromatic ring is 1. The van der Waals surface area contributed by atoms with Gasteiger partial charge in [0, 0.05) is 6.04 Å². The predicted octanol–water partition coefficient (Wildman–Crippen LogP) is 0.565. The number of piperidine rings is 1.